The molecule has 7 heteroatoms. The largest absolute Gasteiger partial charge is 0.436 e. The van der Waals surface area contributed by atoms with Gasteiger partial charge in [0.2, 0.25) is 0 Å². The molecular formula is C22H18F5NO. The molecule has 152 valence electrons. The van der Waals surface area contributed by atoms with E-state index in [1.54, 1.807) is 12.1 Å². The molecule has 0 aliphatic carbocycles. The van der Waals surface area contributed by atoms with Crippen LogP contribution in [0.1, 0.15) is 36.5 Å². The van der Waals surface area contributed by atoms with Crippen molar-refractivity contribution in [3.63, 3.8) is 0 Å². The molecule has 3 rings (SSSR count). The summed E-state index contributed by atoms with van der Waals surface area (Å²) in [5.74, 6) is -2.49. The van der Waals surface area contributed by atoms with Gasteiger partial charge in [0.1, 0.15) is 11.4 Å². The van der Waals surface area contributed by atoms with Crippen LogP contribution in [0.15, 0.2) is 48.5 Å². The molecule has 0 saturated heterocycles. The number of halogens is 5. The number of ether oxygens (including phenoxy) is 1. The lowest BCUT2D eigenvalue weighted by Crippen LogP contribution is -2.05. The number of rotatable bonds is 4. The smallest absolute Gasteiger partial charge is 0.416 e. The van der Waals surface area contributed by atoms with Crippen molar-refractivity contribution in [3.8, 4) is 22.9 Å². The summed E-state index contributed by atoms with van der Waals surface area (Å²) in [6, 6.07) is 10.9. The molecule has 29 heavy (non-hydrogen) atoms. The molecule has 0 bridgehead atoms. The zero-order valence-corrected chi connectivity index (χ0v) is 15.9. The summed E-state index contributed by atoms with van der Waals surface area (Å²) in [5.41, 5.74) is 0.0298. The molecule has 1 heterocycles. The quantitative estimate of drug-likeness (QED) is 0.424. The summed E-state index contributed by atoms with van der Waals surface area (Å²) < 4.78 is 73.0. The molecule has 0 N–H and O–H groups in total. The van der Waals surface area contributed by atoms with E-state index in [-0.39, 0.29) is 22.9 Å². The summed E-state index contributed by atoms with van der Waals surface area (Å²) >= 11 is 0. The van der Waals surface area contributed by atoms with Crippen molar-refractivity contribution in [3.05, 3.63) is 76.9 Å². The van der Waals surface area contributed by atoms with Crippen LogP contribution in [-0.2, 0) is 6.18 Å². The van der Waals surface area contributed by atoms with Gasteiger partial charge in [-0.15, -0.1) is 0 Å². The topological polar surface area (TPSA) is 22.1 Å². The zero-order chi connectivity index (χ0) is 21.3. The van der Waals surface area contributed by atoms with E-state index in [0.29, 0.717) is 5.56 Å². The minimum Gasteiger partial charge on any atom is -0.436 e. The molecule has 0 unspecified atom stereocenters. The first-order valence-corrected chi connectivity index (χ1v) is 8.89. The Morgan fingerprint density at radius 1 is 0.931 bits per heavy atom. The fourth-order valence-electron chi connectivity index (χ4n) is 2.77. The second kappa shape index (κ2) is 7.81. The monoisotopic (exact) mass is 407 g/mol. The van der Waals surface area contributed by atoms with Gasteiger partial charge in [0, 0.05) is 11.1 Å². The Balaban J connectivity index is 2.03. The van der Waals surface area contributed by atoms with Crippen molar-refractivity contribution in [2.45, 2.75) is 32.9 Å². The predicted octanol–water partition coefficient (Wildman–Crippen LogP) is 7.27. The molecule has 3 aromatic rings. The SMILES string of the molecule is Cc1c(F)c(Oc2cccc(C(F)(F)F)c2)nc(-c2ccc(C(C)C)cc2)c1F. The van der Waals surface area contributed by atoms with Crippen LogP contribution in [0.2, 0.25) is 0 Å². The van der Waals surface area contributed by atoms with Gasteiger partial charge in [0.15, 0.2) is 11.6 Å². The number of hydrogen-bond acceptors (Lipinski definition) is 2. The van der Waals surface area contributed by atoms with Crippen LogP contribution in [0.25, 0.3) is 11.3 Å². The molecule has 1 aromatic heterocycles. The minimum atomic E-state index is -4.58. The fourth-order valence-corrected chi connectivity index (χ4v) is 2.77. The maximum absolute atomic E-state index is 14.6. The highest BCUT2D eigenvalue weighted by Crippen LogP contribution is 2.35. The van der Waals surface area contributed by atoms with Gasteiger partial charge in [0.05, 0.1) is 5.56 Å². The minimum absolute atomic E-state index is 0.138. The summed E-state index contributed by atoms with van der Waals surface area (Å²) in [5, 5.41) is 0. The molecule has 0 amide bonds. The van der Waals surface area contributed by atoms with Crippen molar-refractivity contribution in [2.75, 3.05) is 0 Å². The Hall–Kier alpha value is -2.96. The van der Waals surface area contributed by atoms with Gasteiger partial charge in [-0.05, 0) is 36.6 Å². The van der Waals surface area contributed by atoms with Crippen LogP contribution in [0.4, 0.5) is 22.0 Å². The fraction of sp³-hybridized carbons (Fsp3) is 0.227. The standard InChI is InChI=1S/C22H18F5NO/c1-12(2)14-7-9-15(10-8-14)20-18(23)13(3)19(24)21(28-20)29-17-6-4-5-16(11-17)22(25,26)27/h4-12H,1-3H3. The molecular weight excluding hydrogens is 389 g/mol. The van der Waals surface area contributed by atoms with Crippen molar-refractivity contribution < 1.29 is 26.7 Å². The molecule has 0 fully saturated rings. The average molecular weight is 407 g/mol. The van der Waals surface area contributed by atoms with Gasteiger partial charge < -0.3 is 4.74 Å². The third-order valence-electron chi connectivity index (χ3n) is 4.49. The third-order valence-corrected chi connectivity index (χ3v) is 4.49. The van der Waals surface area contributed by atoms with Crippen LogP contribution >= 0.6 is 0 Å². The molecule has 0 atom stereocenters. The lowest BCUT2D eigenvalue weighted by molar-refractivity contribution is -0.137. The zero-order valence-electron chi connectivity index (χ0n) is 15.9. The Kier molecular flexibility index (Phi) is 5.59. The van der Waals surface area contributed by atoms with E-state index in [1.165, 1.54) is 13.0 Å². The van der Waals surface area contributed by atoms with E-state index in [0.717, 1.165) is 23.8 Å². The molecule has 2 nitrogen and oxygen atoms in total. The Morgan fingerprint density at radius 3 is 2.17 bits per heavy atom. The lowest BCUT2D eigenvalue weighted by Gasteiger charge is -2.13. The highest BCUT2D eigenvalue weighted by Gasteiger charge is 2.31. The second-order valence-electron chi connectivity index (χ2n) is 6.92. The molecule has 0 saturated carbocycles. The molecule has 2 aromatic carbocycles. The first kappa shape index (κ1) is 20.8. The van der Waals surface area contributed by atoms with E-state index >= 15 is 0 Å². The first-order valence-electron chi connectivity index (χ1n) is 8.89. The van der Waals surface area contributed by atoms with Crippen LogP contribution in [0, 0.1) is 18.6 Å². The van der Waals surface area contributed by atoms with Gasteiger partial charge in [-0.25, -0.2) is 13.8 Å². The number of hydrogen-bond donors (Lipinski definition) is 0. The molecule has 0 spiro atoms. The van der Waals surface area contributed by atoms with Gasteiger partial charge >= 0.3 is 6.18 Å². The second-order valence-corrected chi connectivity index (χ2v) is 6.92. The average Bonchev–Trinajstić information content (AvgIpc) is 2.68. The van der Waals surface area contributed by atoms with Gasteiger partial charge in [-0.2, -0.15) is 13.2 Å². The van der Waals surface area contributed by atoms with E-state index in [1.807, 2.05) is 26.0 Å². The van der Waals surface area contributed by atoms with E-state index in [9.17, 15) is 22.0 Å². The van der Waals surface area contributed by atoms with Gasteiger partial charge in [-0.1, -0.05) is 44.2 Å². The number of nitrogens with zero attached hydrogens (tertiary/aromatic N) is 1. The van der Waals surface area contributed by atoms with Crippen molar-refractivity contribution in [1.29, 1.82) is 0 Å². The third kappa shape index (κ3) is 4.39. The highest BCUT2D eigenvalue weighted by molar-refractivity contribution is 5.62. The van der Waals surface area contributed by atoms with Gasteiger partial charge in [0.25, 0.3) is 5.88 Å². The van der Waals surface area contributed by atoms with Crippen LogP contribution in [0.3, 0.4) is 0 Å². The van der Waals surface area contributed by atoms with E-state index in [4.69, 9.17) is 4.74 Å². The maximum atomic E-state index is 14.6. The normalized spacial score (nSPS) is 11.8. The van der Waals surface area contributed by atoms with E-state index < -0.39 is 29.3 Å². The lowest BCUT2D eigenvalue weighted by atomic mass is 10.00. The highest BCUT2D eigenvalue weighted by atomic mass is 19.4. The van der Waals surface area contributed by atoms with Crippen molar-refractivity contribution in [1.82, 2.24) is 4.98 Å². The van der Waals surface area contributed by atoms with Crippen LogP contribution in [-0.4, -0.2) is 4.98 Å². The summed E-state index contributed by atoms with van der Waals surface area (Å²) in [6.07, 6.45) is -4.58. The van der Waals surface area contributed by atoms with Crippen LogP contribution in [0.5, 0.6) is 11.6 Å². The molecule has 0 aliphatic heterocycles. The summed E-state index contributed by atoms with van der Waals surface area (Å²) in [7, 11) is 0. The number of aromatic nitrogens is 1. The molecule has 0 radical (unpaired) electrons. The Labute approximate surface area is 165 Å². The number of alkyl halides is 3. The van der Waals surface area contributed by atoms with Crippen molar-refractivity contribution in [2.24, 2.45) is 0 Å². The maximum Gasteiger partial charge on any atom is 0.416 e. The first-order chi connectivity index (χ1) is 13.6. The Bertz CT molecular complexity index is 1030. The number of benzene rings is 2. The summed E-state index contributed by atoms with van der Waals surface area (Å²) in [4.78, 5) is 3.91. The van der Waals surface area contributed by atoms with Gasteiger partial charge in [-0.3, -0.25) is 0 Å². The molecule has 0 aliphatic rings. The predicted molar refractivity (Wildman–Crippen MR) is 99.9 cm³/mol. The number of pyridine rings is 1. The Morgan fingerprint density at radius 2 is 1.59 bits per heavy atom. The van der Waals surface area contributed by atoms with E-state index in [2.05, 4.69) is 4.98 Å². The van der Waals surface area contributed by atoms with Crippen LogP contribution < -0.4 is 4.74 Å². The summed E-state index contributed by atoms with van der Waals surface area (Å²) in [6.45, 7) is 5.24. The van der Waals surface area contributed by atoms with Crippen molar-refractivity contribution >= 4 is 0 Å².